The van der Waals surface area contributed by atoms with Gasteiger partial charge in [0.05, 0.1) is 18.3 Å². The van der Waals surface area contributed by atoms with E-state index in [4.69, 9.17) is 14.5 Å². The van der Waals surface area contributed by atoms with E-state index < -0.39 is 0 Å². The molecule has 1 aliphatic carbocycles. The summed E-state index contributed by atoms with van der Waals surface area (Å²) in [6, 6.07) is 14.0. The Morgan fingerprint density at radius 3 is 2.55 bits per heavy atom. The SMILES string of the molecule is CCOC(=O)/C(C)=C\C(C)=C\c1csc([C@H](Cc2ccc(OCc3ccccc3F)cc2)NC(=O)C2CCCCC2)n1. The van der Waals surface area contributed by atoms with Crippen molar-refractivity contribution in [2.24, 2.45) is 5.92 Å². The molecule has 4 rings (SSSR count). The number of carbonyl (C=O) groups is 2. The second kappa shape index (κ2) is 15.4. The molecule has 0 aliphatic heterocycles. The van der Waals surface area contributed by atoms with Crippen molar-refractivity contribution in [2.45, 2.75) is 71.9 Å². The van der Waals surface area contributed by atoms with Gasteiger partial charge in [0.15, 0.2) is 0 Å². The van der Waals surface area contributed by atoms with Crippen LogP contribution in [0.15, 0.2) is 71.1 Å². The van der Waals surface area contributed by atoms with Gasteiger partial charge < -0.3 is 14.8 Å². The number of hydrogen-bond donors (Lipinski definition) is 1. The highest BCUT2D eigenvalue weighted by Gasteiger charge is 2.25. The summed E-state index contributed by atoms with van der Waals surface area (Å²) >= 11 is 1.51. The number of hydrogen-bond acceptors (Lipinski definition) is 6. The molecule has 0 saturated heterocycles. The number of carbonyl (C=O) groups excluding carboxylic acids is 2. The van der Waals surface area contributed by atoms with Gasteiger partial charge in [0.2, 0.25) is 5.91 Å². The molecular weight excluding hydrogens is 551 g/mol. The zero-order valence-corrected chi connectivity index (χ0v) is 25.3. The lowest BCUT2D eigenvalue weighted by Crippen LogP contribution is -2.35. The standard InChI is InChI=1S/C34H39FN2O4S/c1-4-40-34(39)24(3)18-23(2)19-28-22-42-33(36-28)31(37-32(38)26-10-6-5-7-11-26)20-25-14-16-29(17-15-25)41-21-27-12-8-9-13-30(27)35/h8-9,12-19,22,26,31H,4-7,10-11,20-21H2,1-3H3,(H,37,38)/b23-19+,24-18-/t31-/m0/s1. The first-order valence-electron chi connectivity index (χ1n) is 14.6. The highest BCUT2D eigenvalue weighted by atomic mass is 32.1. The number of esters is 1. The van der Waals surface area contributed by atoms with Gasteiger partial charge >= 0.3 is 5.97 Å². The van der Waals surface area contributed by atoms with E-state index in [1.807, 2.05) is 42.6 Å². The summed E-state index contributed by atoms with van der Waals surface area (Å²) in [7, 11) is 0. The number of allylic oxidation sites excluding steroid dienone is 2. The molecule has 1 atom stereocenters. The summed E-state index contributed by atoms with van der Waals surface area (Å²) in [5.41, 5.74) is 3.71. The number of thiazole rings is 1. The monoisotopic (exact) mass is 590 g/mol. The molecule has 0 unspecified atom stereocenters. The Balaban J connectivity index is 1.48. The van der Waals surface area contributed by atoms with Gasteiger partial charge in [-0.05, 0) is 81.5 Å². The molecule has 1 aliphatic rings. The van der Waals surface area contributed by atoms with Gasteiger partial charge in [-0.25, -0.2) is 14.2 Å². The molecule has 3 aromatic rings. The van der Waals surface area contributed by atoms with Crippen LogP contribution in [0, 0.1) is 11.7 Å². The molecule has 42 heavy (non-hydrogen) atoms. The number of nitrogens with zero attached hydrogens (tertiary/aromatic N) is 1. The molecule has 1 N–H and O–H groups in total. The number of benzene rings is 2. The van der Waals surface area contributed by atoms with Gasteiger partial charge in [-0.3, -0.25) is 4.79 Å². The third-order valence-corrected chi connectivity index (χ3v) is 8.24. The Hall–Kier alpha value is -3.78. The quantitative estimate of drug-likeness (QED) is 0.133. The summed E-state index contributed by atoms with van der Waals surface area (Å²) in [6.07, 6.45) is 9.48. The van der Waals surface area contributed by atoms with Crippen LogP contribution in [0.2, 0.25) is 0 Å². The maximum Gasteiger partial charge on any atom is 0.333 e. The normalized spacial score (nSPS) is 15.2. The molecule has 1 fully saturated rings. The first-order chi connectivity index (χ1) is 20.3. The second-order valence-electron chi connectivity index (χ2n) is 10.7. The minimum Gasteiger partial charge on any atom is -0.489 e. The van der Waals surface area contributed by atoms with Crippen molar-refractivity contribution in [3.05, 3.63) is 98.8 Å². The molecule has 1 heterocycles. The van der Waals surface area contributed by atoms with Gasteiger partial charge in [0.25, 0.3) is 0 Å². The van der Waals surface area contributed by atoms with Crippen LogP contribution in [-0.2, 0) is 27.4 Å². The average molecular weight is 591 g/mol. The number of aromatic nitrogens is 1. The van der Waals surface area contributed by atoms with Crippen molar-refractivity contribution in [1.29, 1.82) is 0 Å². The Bertz CT molecular complexity index is 1410. The summed E-state index contributed by atoms with van der Waals surface area (Å²) in [5, 5.41) is 6.08. The molecule has 1 aromatic heterocycles. The van der Waals surface area contributed by atoms with Crippen LogP contribution in [0.25, 0.3) is 6.08 Å². The summed E-state index contributed by atoms with van der Waals surface area (Å²) in [6.45, 7) is 5.91. The van der Waals surface area contributed by atoms with Crippen molar-refractivity contribution in [3.63, 3.8) is 0 Å². The third-order valence-electron chi connectivity index (χ3n) is 7.26. The maximum absolute atomic E-state index is 13.9. The predicted molar refractivity (Wildman–Crippen MR) is 164 cm³/mol. The summed E-state index contributed by atoms with van der Waals surface area (Å²) in [4.78, 5) is 30.1. The van der Waals surface area contributed by atoms with Crippen LogP contribution in [0.5, 0.6) is 5.75 Å². The predicted octanol–water partition coefficient (Wildman–Crippen LogP) is 7.75. The van der Waals surface area contributed by atoms with Crippen LogP contribution in [0.1, 0.15) is 80.7 Å². The van der Waals surface area contributed by atoms with Crippen LogP contribution < -0.4 is 10.1 Å². The number of rotatable bonds is 12. The van der Waals surface area contributed by atoms with Gasteiger partial charge in [-0.15, -0.1) is 11.3 Å². The molecule has 0 spiro atoms. The van der Waals surface area contributed by atoms with Crippen LogP contribution in [0.3, 0.4) is 0 Å². The van der Waals surface area contributed by atoms with Crippen LogP contribution in [0.4, 0.5) is 4.39 Å². The summed E-state index contributed by atoms with van der Waals surface area (Å²) < 4.78 is 24.8. The molecular formula is C34H39FN2O4S. The fourth-order valence-corrected chi connectivity index (χ4v) is 5.86. The molecule has 1 amide bonds. The van der Waals surface area contributed by atoms with E-state index in [-0.39, 0.29) is 36.3 Å². The highest BCUT2D eigenvalue weighted by Crippen LogP contribution is 2.28. The molecule has 1 saturated carbocycles. The minimum absolute atomic E-state index is 0.0352. The zero-order valence-electron chi connectivity index (χ0n) is 24.5. The Kier molecular flexibility index (Phi) is 11.5. The van der Waals surface area contributed by atoms with E-state index in [1.165, 1.54) is 23.8 Å². The Labute approximate surface area is 251 Å². The molecule has 8 heteroatoms. The topological polar surface area (TPSA) is 77.5 Å². The summed E-state index contributed by atoms with van der Waals surface area (Å²) in [5.74, 6) is 0.143. The van der Waals surface area contributed by atoms with E-state index >= 15 is 0 Å². The lowest BCUT2D eigenvalue weighted by Gasteiger charge is -2.24. The van der Waals surface area contributed by atoms with Crippen molar-refractivity contribution in [3.8, 4) is 5.75 Å². The lowest BCUT2D eigenvalue weighted by molar-refractivity contribution is -0.138. The molecule has 0 radical (unpaired) electrons. The molecule has 222 valence electrons. The van der Waals surface area contributed by atoms with Crippen molar-refractivity contribution < 1.29 is 23.5 Å². The second-order valence-corrected chi connectivity index (χ2v) is 11.6. The van der Waals surface area contributed by atoms with Gasteiger partial charge in [-0.1, -0.05) is 49.6 Å². The maximum atomic E-state index is 13.9. The van der Waals surface area contributed by atoms with Crippen LogP contribution >= 0.6 is 11.3 Å². The molecule has 2 aromatic carbocycles. The number of halogens is 1. The fraction of sp³-hybridized carbons (Fsp3) is 0.382. The number of amides is 1. The first-order valence-corrected chi connectivity index (χ1v) is 15.4. The molecule has 6 nitrogen and oxygen atoms in total. The Morgan fingerprint density at radius 1 is 1.10 bits per heavy atom. The lowest BCUT2D eigenvalue weighted by atomic mass is 9.88. The number of nitrogens with one attached hydrogen (secondary N) is 1. The minimum atomic E-state index is -0.335. The smallest absolute Gasteiger partial charge is 0.333 e. The van der Waals surface area contributed by atoms with E-state index in [9.17, 15) is 14.0 Å². The largest absolute Gasteiger partial charge is 0.489 e. The van der Waals surface area contributed by atoms with Crippen molar-refractivity contribution in [2.75, 3.05) is 6.61 Å². The van der Waals surface area contributed by atoms with Gasteiger partial charge in [-0.2, -0.15) is 0 Å². The van der Waals surface area contributed by atoms with E-state index in [0.717, 1.165) is 47.5 Å². The first kappa shape index (κ1) is 31.2. The Morgan fingerprint density at radius 2 is 1.83 bits per heavy atom. The van der Waals surface area contributed by atoms with Crippen molar-refractivity contribution >= 4 is 29.3 Å². The van der Waals surface area contributed by atoms with E-state index in [0.29, 0.717) is 29.9 Å². The van der Waals surface area contributed by atoms with E-state index in [1.54, 1.807) is 38.1 Å². The number of ether oxygens (including phenoxy) is 2. The fourth-order valence-electron chi connectivity index (χ4n) is 5.04. The van der Waals surface area contributed by atoms with Gasteiger partial charge in [0.1, 0.15) is 23.2 Å². The zero-order chi connectivity index (χ0) is 29.9. The third kappa shape index (κ3) is 9.11. The van der Waals surface area contributed by atoms with E-state index in [2.05, 4.69) is 5.32 Å². The van der Waals surface area contributed by atoms with Crippen molar-refractivity contribution in [1.82, 2.24) is 10.3 Å². The average Bonchev–Trinajstić information content (AvgIpc) is 3.45. The van der Waals surface area contributed by atoms with Gasteiger partial charge in [0, 0.05) is 22.4 Å². The van der Waals surface area contributed by atoms with Crippen LogP contribution in [-0.4, -0.2) is 23.5 Å². The molecule has 0 bridgehead atoms. The highest BCUT2D eigenvalue weighted by molar-refractivity contribution is 7.09.